The number of rotatable bonds is 3. The van der Waals surface area contributed by atoms with E-state index < -0.39 is 0 Å². The van der Waals surface area contributed by atoms with E-state index in [1.165, 1.54) is 0 Å². The van der Waals surface area contributed by atoms with Crippen LogP contribution in [0.5, 0.6) is 0 Å². The predicted octanol–water partition coefficient (Wildman–Crippen LogP) is 3.57. The Bertz CT molecular complexity index is 530. The molecule has 0 fully saturated rings. The topological polar surface area (TPSA) is 43.0 Å². The second-order valence-corrected chi connectivity index (χ2v) is 4.96. The van der Waals surface area contributed by atoms with Crippen molar-refractivity contribution in [2.75, 3.05) is 5.32 Å². The van der Waals surface area contributed by atoms with Crippen LogP contribution in [0.3, 0.4) is 0 Å². The summed E-state index contributed by atoms with van der Waals surface area (Å²) in [5.41, 5.74) is 3.20. The smallest absolute Gasteiger partial charge is 0.169 e. The summed E-state index contributed by atoms with van der Waals surface area (Å²) in [4.78, 5) is 0. The Morgan fingerprint density at radius 3 is 2.59 bits per heavy atom. The maximum atomic E-state index is 5.53. The second kappa shape index (κ2) is 4.56. The third-order valence-corrected chi connectivity index (χ3v) is 3.32. The maximum Gasteiger partial charge on any atom is 0.169 e. The quantitative estimate of drug-likeness (QED) is 0.942. The van der Waals surface area contributed by atoms with Gasteiger partial charge in [0.1, 0.15) is 5.76 Å². The Kier molecular flexibility index (Phi) is 3.28. The number of anilines is 1. The molecule has 2 aromatic heterocycles. The average molecular weight is 298 g/mol. The van der Waals surface area contributed by atoms with E-state index >= 15 is 0 Å². The van der Waals surface area contributed by atoms with Gasteiger partial charge in [0.25, 0.3) is 0 Å². The predicted molar refractivity (Wildman–Crippen MR) is 71.1 cm³/mol. The van der Waals surface area contributed by atoms with E-state index in [-0.39, 0.29) is 6.04 Å². The van der Waals surface area contributed by atoms with Crippen LogP contribution in [0.4, 0.5) is 5.69 Å². The molecule has 0 saturated heterocycles. The number of halogens is 1. The molecular weight excluding hydrogens is 282 g/mol. The highest BCUT2D eigenvalue weighted by Gasteiger charge is 2.15. The van der Waals surface area contributed by atoms with Gasteiger partial charge in [-0.15, -0.1) is 0 Å². The first kappa shape index (κ1) is 12.2. The van der Waals surface area contributed by atoms with Gasteiger partial charge < -0.3 is 9.73 Å². The first-order chi connectivity index (χ1) is 7.99. The maximum absolute atomic E-state index is 5.53. The lowest BCUT2D eigenvalue weighted by Crippen LogP contribution is -2.07. The molecular formula is C12H16BrN3O. The van der Waals surface area contributed by atoms with Gasteiger partial charge in [-0.1, -0.05) is 0 Å². The van der Waals surface area contributed by atoms with Crippen LogP contribution in [0.15, 0.2) is 21.2 Å². The lowest BCUT2D eigenvalue weighted by molar-refractivity contribution is 0.471. The molecule has 0 spiro atoms. The van der Waals surface area contributed by atoms with Crippen molar-refractivity contribution >= 4 is 21.6 Å². The van der Waals surface area contributed by atoms with Gasteiger partial charge in [-0.25, -0.2) is 0 Å². The van der Waals surface area contributed by atoms with Crippen molar-refractivity contribution in [3.63, 3.8) is 0 Å². The number of hydrogen-bond donors (Lipinski definition) is 1. The lowest BCUT2D eigenvalue weighted by atomic mass is 10.2. The molecule has 0 saturated carbocycles. The minimum absolute atomic E-state index is 0.114. The molecule has 2 rings (SSSR count). The first-order valence-electron chi connectivity index (χ1n) is 5.51. The van der Waals surface area contributed by atoms with Crippen LogP contribution >= 0.6 is 15.9 Å². The van der Waals surface area contributed by atoms with E-state index in [1.807, 2.05) is 37.7 Å². The number of nitrogens with zero attached hydrogens (tertiary/aromatic N) is 2. The van der Waals surface area contributed by atoms with Gasteiger partial charge in [0.2, 0.25) is 0 Å². The van der Waals surface area contributed by atoms with Crippen LogP contribution < -0.4 is 5.32 Å². The van der Waals surface area contributed by atoms with Gasteiger partial charge in [-0.05, 0) is 48.8 Å². The van der Waals surface area contributed by atoms with Gasteiger partial charge in [-0.2, -0.15) is 5.10 Å². The molecule has 0 aliphatic carbocycles. The van der Waals surface area contributed by atoms with Gasteiger partial charge in [0.05, 0.1) is 23.1 Å². The molecule has 0 aromatic carbocycles. The molecule has 5 heteroatoms. The normalized spacial score (nSPS) is 12.8. The summed E-state index contributed by atoms with van der Waals surface area (Å²) in [6.07, 6.45) is 0. The van der Waals surface area contributed by atoms with Crippen molar-refractivity contribution in [2.45, 2.75) is 26.8 Å². The third kappa shape index (κ3) is 2.39. The number of aryl methyl sites for hydroxylation is 2. The fourth-order valence-electron chi connectivity index (χ4n) is 1.83. The zero-order chi connectivity index (χ0) is 12.6. The highest BCUT2D eigenvalue weighted by molar-refractivity contribution is 9.10. The van der Waals surface area contributed by atoms with Crippen LogP contribution in [0.25, 0.3) is 0 Å². The van der Waals surface area contributed by atoms with Crippen molar-refractivity contribution < 1.29 is 4.42 Å². The fraction of sp³-hybridized carbons (Fsp3) is 0.417. The molecule has 0 radical (unpaired) electrons. The van der Waals surface area contributed by atoms with E-state index in [4.69, 9.17) is 4.42 Å². The molecule has 2 heterocycles. The highest BCUT2D eigenvalue weighted by Crippen LogP contribution is 2.26. The van der Waals surface area contributed by atoms with Gasteiger partial charge in [-0.3, -0.25) is 4.68 Å². The summed E-state index contributed by atoms with van der Waals surface area (Å²) in [6.45, 7) is 6.12. The summed E-state index contributed by atoms with van der Waals surface area (Å²) in [5, 5.41) is 7.81. The Hall–Kier alpha value is -1.23. The van der Waals surface area contributed by atoms with Crippen molar-refractivity contribution in [1.82, 2.24) is 9.78 Å². The summed E-state index contributed by atoms with van der Waals surface area (Å²) < 4.78 is 8.16. The molecule has 2 aromatic rings. The van der Waals surface area contributed by atoms with Crippen molar-refractivity contribution in [2.24, 2.45) is 7.05 Å². The average Bonchev–Trinajstić information content (AvgIpc) is 2.79. The van der Waals surface area contributed by atoms with E-state index in [0.717, 1.165) is 27.5 Å². The van der Waals surface area contributed by atoms with E-state index in [9.17, 15) is 0 Å². The van der Waals surface area contributed by atoms with Crippen molar-refractivity contribution in [3.8, 4) is 0 Å². The van der Waals surface area contributed by atoms with Crippen molar-refractivity contribution in [3.05, 3.63) is 34.0 Å². The minimum Gasteiger partial charge on any atom is -0.452 e. The molecule has 0 aliphatic heterocycles. The van der Waals surface area contributed by atoms with Crippen LogP contribution in [-0.4, -0.2) is 9.78 Å². The molecule has 17 heavy (non-hydrogen) atoms. The zero-order valence-corrected chi connectivity index (χ0v) is 12.0. The third-order valence-electron chi connectivity index (χ3n) is 2.89. The van der Waals surface area contributed by atoms with Gasteiger partial charge in [0.15, 0.2) is 4.67 Å². The Balaban J connectivity index is 2.21. The fourth-order valence-corrected chi connectivity index (χ4v) is 2.15. The molecule has 0 amide bonds. The highest BCUT2D eigenvalue weighted by atomic mass is 79.9. The first-order valence-corrected chi connectivity index (χ1v) is 6.30. The summed E-state index contributed by atoms with van der Waals surface area (Å²) in [6, 6.07) is 3.97. The van der Waals surface area contributed by atoms with E-state index in [2.05, 4.69) is 33.3 Å². The van der Waals surface area contributed by atoms with Crippen LogP contribution in [0.2, 0.25) is 0 Å². The summed E-state index contributed by atoms with van der Waals surface area (Å²) >= 11 is 3.31. The number of aromatic nitrogens is 2. The van der Waals surface area contributed by atoms with Crippen LogP contribution in [-0.2, 0) is 7.05 Å². The molecule has 92 valence electrons. The Morgan fingerprint density at radius 1 is 1.41 bits per heavy atom. The van der Waals surface area contributed by atoms with E-state index in [0.29, 0.717) is 0 Å². The number of furan rings is 1. The lowest BCUT2D eigenvalue weighted by Gasteiger charge is -2.13. The molecule has 0 aliphatic rings. The summed E-state index contributed by atoms with van der Waals surface area (Å²) in [7, 11) is 1.95. The number of hydrogen-bond acceptors (Lipinski definition) is 3. The Labute approximate surface area is 109 Å². The standard InChI is InChI=1S/C12H16BrN3O/c1-7(10-5-6-11(13)17-10)14-12-8(2)15-16(4)9(12)3/h5-7,14H,1-4H3. The van der Waals surface area contributed by atoms with Crippen LogP contribution in [0, 0.1) is 13.8 Å². The Morgan fingerprint density at radius 2 is 2.12 bits per heavy atom. The largest absolute Gasteiger partial charge is 0.452 e. The van der Waals surface area contributed by atoms with Gasteiger partial charge >= 0.3 is 0 Å². The monoisotopic (exact) mass is 297 g/mol. The molecule has 1 atom stereocenters. The van der Waals surface area contributed by atoms with Gasteiger partial charge in [0, 0.05) is 7.05 Å². The molecule has 4 nitrogen and oxygen atoms in total. The molecule has 1 N–H and O–H groups in total. The molecule has 0 bridgehead atoms. The van der Waals surface area contributed by atoms with E-state index in [1.54, 1.807) is 0 Å². The number of nitrogens with one attached hydrogen (secondary N) is 1. The second-order valence-electron chi connectivity index (χ2n) is 4.18. The van der Waals surface area contributed by atoms with Crippen molar-refractivity contribution in [1.29, 1.82) is 0 Å². The SMILES string of the molecule is Cc1nn(C)c(C)c1NC(C)c1ccc(Br)o1. The minimum atomic E-state index is 0.114. The zero-order valence-electron chi connectivity index (χ0n) is 10.4. The summed E-state index contributed by atoms with van der Waals surface area (Å²) in [5.74, 6) is 0.902. The molecule has 1 unspecified atom stereocenters. The van der Waals surface area contributed by atoms with Crippen LogP contribution in [0.1, 0.15) is 30.1 Å².